The number of hydrogen-bond acceptors (Lipinski definition) is 4. The van der Waals surface area contributed by atoms with Crippen molar-refractivity contribution in [3.8, 4) is 6.07 Å². The summed E-state index contributed by atoms with van der Waals surface area (Å²) in [6, 6.07) is 14.3. The normalized spacial score (nSPS) is 9.80. The van der Waals surface area contributed by atoms with E-state index < -0.39 is 5.97 Å². The fraction of sp³-hybridized carbons (Fsp3) is 0.125. The molecule has 20 heavy (non-hydrogen) atoms. The molecular formula is C16H14N2O2. The molecule has 0 aromatic heterocycles. The maximum absolute atomic E-state index is 12.0. The third-order valence-corrected chi connectivity index (χ3v) is 2.93. The number of carbonyl (C=O) groups excluding carboxylic acids is 1. The van der Waals surface area contributed by atoms with Crippen LogP contribution in [0.15, 0.2) is 42.5 Å². The van der Waals surface area contributed by atoms with Crippen LogP contribution < -0.4 is 5.73 Å². The summed E-state index contributed by atoms with van der Waals surface area (Å²) in [5.41, 5.74) is 8.60. The van der Waals surface area contributed by atoms with Crippen molar-refractivity contribution in [1.82, 2.24) is 0 Å². The van der Waals surface area contributed by atoms with Crippen LogP contribution in [0, 0.1) is 18.3 Å². The second kappa shape index (κ2) is 5.89. The lowest BCUT2D eigenvalue weighted by Crippen LogP contribution is -2.09. The molecular weight excluding hydrogens is 252 g/mol. The van der Waals surface area contributed by atoms with Crippen LogP contribution >= 0.6 is 0 Å². The molecule has 0 fully saturated rings. The lowest BCUT2D eigenvalue weighted by Gasteiger charge is -2.08. The SMILES string of the molecule is Cc1ccc(N)c(C(=O)OCc2ccccc2C#N)c1. The van der Waals surface area contributed by atoms with E-state index in [4.69, 9.17) is 15.7 Å². The van der Waals surface area contributed by atoms with E-state index in [9.17, 15) is 4.79 Å². The van der Waals surface area contributed by atoms with E-state index >= 15 is 0 Å². The minimum atomic E-state index is -0.487. The molecule has 0 amide bonds. The summed E-state index contributed by atoms with van der Waals surface area (Å²) in [6.07, 6.45) is 0. The molecule has 4 heteroatoms. The second-order valence-corrected chi connectivity index (χ2v) is 4.44. The van der Waals surface area contributed by atoms with Gasteiger partial charge in [0.05, 0.1) is 17.2 Å². The Morgan fingerprint density at radius 1 is 1.30 bits per heavy atom. The van der Waals surface area contributed by atoms with Crippen molar-refractivity contribution in [2.24, 2.45) is 0 Å². The lowest BCUT2D eigenvalue weighted by molar-refractivity contribution is 0.0473. The van der Waals surface area contributed by atoms with Crippen molar-refractivity contribution >= 4 is 11.7 Å². The van der Waals surface area contributed by atoms with Gasteiger partial charge in [0.25, 0.3) is 0 Å². The number of nitriles is 1. The van der Waals surface area contributed by atoms with Crippen molar-refractivity contribution in [2.45, 2.75) is 13.5 Å². The highest BCUT2D eigenvalue weighted by molar-refractivity contribution is 5.95. The Hall–Kier alpha value is -2.80. The van der Waals surface area contributed by atoms with Crippen LogP contribution in [-0.2, 0) is 11.3 Å². The monoisotopic (exact) mass is 266 g/mol. The van der Waals surface area contributed by atoms with E-state index in [1.54, 1.807) is 36.4 Å². The number of ether oxygens (including phenoxy) is 1. The minimum absolute atomic E-state index is 0.0515. The predicted octanol–water partition coefficient (Wildman–Crippen LogP) is 2.81. The van der Waals surface area contributed by atoms with Gasteiger partial charge in [-0.05, 0) is 25.1 Å². The van der Waals surface area contributed by atoms with Crippen molar-refractivity contribution in [3.63, 3.8) is 0 Å². The van der Waals surface area contributed by atoms with E-state index in [0.717, 1.165) is 5.56 Å². The molecule has 0 aliphatic carbocycles. The summed E-state index contributed by atoms with van der Waals surface area (Å²) < 4.78 is 5.22. The molecule has 100 valence electrons. The quantitative estimate of drug-likeness (QED) is 0.684. The summed E-state index contributed by atoms with van der Waals surface area (Å²) in [6.45, 7) is 1.93. The Kier molecular flexibility index (Phi) is 4.02. The molecule has 0 saturated heterocycles. The van der Waals surface area contributed by atoms with Gasteiger partial charge in [0, 0.05) is 11.3 Å². The Labute approximate surface area is 117 Å². The summed E-state index contributed by atoms with van der Waals surface area (Å²) in [5, 5.41) is 8.97. The number of nitrogens with zero attached hydrogens (tertiary/aromatic N) is 1. The number of nitrogen functional groups attached to an aromatic ring is 1. The van der Waals surface area contributed by atoms with Crippen LogP contribution in [0.4, 0.5) is 5.69 Å². The van der Waals surface area contributed by atoms with Crippen molar-refractivity contribution in [1.29, 1.82) is 5.26 Å². The molecule has 0 aliphatic rings. The molecule has 0 saturated carbocycles. The Bertz CT molecular complexity index is 687. The van der Waals surface area contributed by atoms with E-state index in [2.05, 4.69) is 6.07 Å². The first-order chi connectivity index (χ1) is 9.61. The zero-order valence-electron chi connectivity index (χ0n) is 11.1. The van der Waals surface area contributed by atoms with Crippen LogP contribution in [0.2, 0.25) is 0 Å². The molecule has 2 N–H and O–H groups in total. The van der Waals surface area contributed by atoms with E-state index in [1.807, 2.05) is 13.0 Å². The fourth-order valence-electron chi connectivity index (χ4n) is 1.82. The van der Waals surface area contributed by atoms with Gasteiger partial charge in [-0.2, -0.15) is 5.26 Å². The average molecular weight is 266 g/mol. The van der Waals surface area contributed by atoms with Gasteiger partial charge in [-0.25, -0.2) is 4.79 Å². The van der Waals surface area contributed by atoms with Gasteiger partial charge in [0.2, 0.25) is 0 Å². The van der Waals surface area contributed by atoms with Gasteiger partial charge < -0.3 is 10.5 Å². The molecule has 2 aromatic carbocycles. The van der Waals surface area contributed by atoms with Gasteiger partial charge in [0.15, 0.2) is 0 Å². The van der Waals surface area contributed by atoms with Crippen LogP contribution in [0.3, 0.4) is 0 Å². The Morgan fingerprint density at radius 3 is 2.80 bits per heavy atom. The smallest absolute Gasteiger partial charge is 0.340 e. The van der Waals surface area contributed by atoms with E-state index in [0.29, 0.717) is 22.4 Å². The standard InChI is InChI=1S/C16H14N2O2/c1-11-6-7-15(18)14(8-11)16(19)20-10-13-5-3-2-4-12(13)9-17/h2-8H,10,18H2,1H3. The second-order valence-electron chi connectivity index (χ2n) is 4.44. The van der Waals surface area contributed by atoms with Crippen LogP contribution in [-0.4, -0.2) is 5.97 Å². The van der Waals surface area contributed by atoms with Crippen LogP contribution in [0.1, 0.15) is 27.0 Å². The predicted molar refractivity (Wildman–Crippen MR) is 75.9 cm³/mol. The third-order valence-electron chi connectivity index (χ3n) is 2.93. The first-order valence-corrected chi connectivity index (χ1v) is 6.13. The Balaban J connectivity index is 2.13. The largest absolute Gasteiger partial charge is 0.457 e. The highest BCUT2D eigenvalue weighted by Crippen LogP contribution is 2.16. The molecule has 0 radical (unpaired) electrons. The number of benzene rings is 2. The Morgan fingerprint density at radius 2 is 2.05 bits per heavy atom. The molecule has 0 aliphatic heterocycles. The fourth-order valence-corrected chi connectivity index (χ4v) is 1.82. The van der Waals surface area contributed by atoms with Crippen molar-refractivity contribution in [2.75, 3.05) is 5.73 Å². The molecule has 2 aromatic rings. The van der Waals surface area contributed by atoms with Crippen molar-refractivity contribution in [3.05, 3.63) is 64.7 Å². The first kappa shape index (κ1) is 13.6. The number of nitrogens with two attached hydrogens (primary N) is 1. The third kappa shape index (κ3) is 2.96. The number of hydrogen-bond donors (Lipinski definition) is 1. The van der Waals surface area contributed by atoms with E-state index in [1.165, 1.54) is 0 Å². The number of rotatable bonds is 3. The van der Waals surface area contributed by atoms with E-state index in [-0.39, 0.29) is 6.61 Å². The molecule has 2 rings (SSSR count). The first-order valence-electron chi connectivity index (χ1n) is 6.13. The summed E-state index contributed by atoms with van der Waals surface area (Å²) in [7, 11) is 0. The average Bonchev–Trinajstić information content (AvgIpc) is 2.47. The van der Waals surface area contributed by atoms with Crippen molar-refractivity contribution < 1.29 is 9.53 Å². The maximum atomic E-state index is 12.0. The molecule has 0 unspecified atom stereocenters. The van der Waals surface area contributed by atoms with Gasteiger partial charge >= 0.3 is 5.97 Å². The highest BCUT2D eigenvalue weighted by Gasteiger charge is 2.12. The number of carbonyl (C=O) groups is 1. The summed E-state index contributed by atoms with van der Waals surface area (Å²) in [4.78, 5) is 12.0. The van der Waals surface area contributed by atoms with Crippen LogP contribution in [0.25, 0.3) is 0 Å². The summed E-state index contributed by atoms with van der Waals surface area (Å²) >= 11 is 0. The zero-order valence-corrected chi connectivity index (χ0v) is 11.1. The minimum Gasteiger partial charge on any atom is -0.457 e. The maximum Gasteiger partial charge on any atom is 0.340 e. The molecule has 0 bridgehead atoms. The lowest BCUT2D eigenvalue weighted by atomic mass is 10.1. The molecule has 0 spiro atoms. The number of aryl methyl sites for hydroxylation is 1. The van der Waals surface area contributed by atoms with Gasteiger partial charge in [-0.1, -0.05) is 29.8 Å². The molecule has 0 heterocycles. The highest BCUT2D eigenvalue weighted by atomic mass is 16.5. The summed E-state index contributed by atoms with van der Waals surface area (Å²) in [5.74, 6) is -0.487. The topological polar surface area (TPSA) is 76.1 Å². The molecule has 4 nitrogen and oxygen atoms in total. The molecule has 0 atom stereocenters. The number of esters is 1. The number of anilines is 1. The zero-order chi connectivity index (χ0) is 14.5. The van der Waals surface area contributed by atoms with Gasteiger partial charge in [-0.3, -0.25) is 0 Å². The van der Waals surface area contributed by atoms with Crippen LogP contribution in [0.5, 0.6) is 0 Å². The van der Waals surface area contributed by atoms with Gasteiger partial charge in [0.1, 0.15) is 6.61 Å². The van der Waals surface area contributed by atoms with Gasteiger partial charge in [-0.15, -0.1) is 0 Å².